The fourth-order valence-electron chi connectivity index (χ4n) is 2.73. The van der Waals surface area contributed by atoms with E-state index in [0.29, 0.717) is 11.2 Å². The van der Waals surface area contributed by atoms with Crippen molar-refractivity contribution in [2.24, 2.45) is 5.10 Å². The number of hydrogen-bond donors (Lipinski definition) is 1. The molecule has 2 aromatic heterocycles. The van der Waals surface area contributed by atoms with Gasteiger partial charge in [-0.1, -0.05) is 42.5 Å². The average molecular weight is 365 g/mol. The van der Waals surface area contributed by atoms with Crippen LogP contribution in [-0.2, 0) is 6.42 Å². The summed E-state index contributed by atoms with van der Waals surface area (Å²) in [5.74, 6) is 0.768. The summed E-state index contributed by atoms with van der Waals surface area (Å²) in [6, 6.07) is 14.6. The van der Waals surface area contributed by atoms with Gasteiger partial charge in [0.25, 0.3) is 0 Å². The van der Waals surface area contributed by atoms with Gasteiger partial charge in [-0.25, -0.2) is 4.98 Å². The third-order valence-electron chi connectivity index (χ3n) is 3.89. The maximum Gasteiger partial charge on any atom is 0.216 e. The molecular formula is C18H15N5S2. The van der Waals surface area contributed by atoms with Crippen LogP contribution >= 0.6 is 23.6 Å². The third-order valence-corrected chi connectivity index (χ3v) is 4.94. The normalized spacial score (nSPS) is 11.6. The molecule has 0 saturated heterocycles. The van der Waals surface area contributed by atoms with E-state index in [1.54, 1.807) is 22.2 Å². The first kappa shape index (κ1) is 15.9. The summed E-state index contributed by atoms with van der Waals surface area (Å²) in [7, 11) is 0. The zero-order valence-electron chi connectivity index (χ0n) is 13.5. The van der Waals surface area contributed by atoms with E-state index in [9.17, 15) is 0 Å². The second-order valence-corrected chi connectivity index (χ2v) is 7.06. The zero-order valence-corrected chi connectivity index (χ0v) is 15.1. The van der Waals surface area contributed by atoms with E-state index in [1.807, 2.05) is 24.4 Å². The molecule has 0 bridgehead atoms. The number of nitrogens with one attached hydrogen (secondary N) is 1. The van der Waals surface area contributed by atoms with Gasteiger partial charge in [-0.2, -0.15) is 14.9 Å². The Kier molecular flexibility index (Phi) is 4.25. The molecule has 0 spiro atoms. The minimum atomic E-state index is 0.471. The van der Waals surface area contributed by atoms with Crippen LogP contribution < -0.4 is 0 Å². The van der Waals surface area contributed by atoms with Crippen LogP contribution in [-0.4, -0.2) is 26.1 Å². The molecule has 4 aromatic rings. The molecule has 0 saturated carbocycles. The van der Waals surface area contributed by atoms with Crippen molar-refractivity contribution in [3.8, 4) is 0 Å². The van der Waals surface area contributed by atoms with Gasteiger partial charge in [0.1, 0.15) is 0 Å². The molecule has 0 atom stereocenters. The summed E-state index contributed by atoms with van der Waals surface area (Å²) in [4.78, 5) is 4.39. The Labute approximate surface area is 153 Å². The fraction of sp³-hybridized carbons (Fsp3) is 0.111. The van der Waals surface area contributed by atoms with Gasteiger partial charge in [0, 0.05) is 11.8 Å². The Bertz CT molecular complexity index is 1110. The Morgan fingerprint density at radius 3 is 2.92 bits per heavy atom. The fourth-order valence-corrected chi connectivity index (χ4v) is 3.49. The van der Waals surface area contributed by atoms with Crippen LogP contribution in [0.5, 0.6) is 0 Å². The standard InChI is InChI=1S/C18H15N5S2/c1-12-20-15(11-25-12)10-19-23-17(21-22-18(23)24)9-14-7-4-6-13-5-2-3-8-16(13)14/h2-8,10-11H,9H2,1H3,(H,22,24)/b19-10-. The first-order chi connectivity index (χ1) is 12.2. The van der Waals surface area contributed by atoms with Crippen LogP contribution in [0.4, 0.5) is 0 Å². The van der Waals surface area contributed by atoms with Crippen molar-refractivity contribution < 1.29 is 0 Å². The number of hydrogen-bond acceptors (Lipinski definition) is 5. The number of fused-ring (bicyclic) bond motifs is 1. The van der Waals surface area contributed by atoms with Gasteiger partial charge in [-0.05, 0) is 35.5 Å². The zero-order chi connectivity index (χ0) is 17.2. The SMILES string of the molecule is Cc1nc(/C=N\n2c(Cc3cccc4ccccc34)n[nH]c2=S)cs1. The molecule has 0 aliphatic heterocycles. The molecular weight excluding hydrogens is 350 g/mol. The molecule has 0 unspecified atom stereocenters. The van der Waals surface area contributed by atoms with E-state index in [1.165, 1.54) is 16.3 Å². The summed E-state index contributed by atoms with van der Waals surface area (Å²) < 4.78 is 2.13. The van der Waals surface area contributed by atoms with Crippen LogP contribution in [0.2, 0.25) is 0 Å². The van der Waals surface area contributed by atoms with E-state index < -0.39 is 0 Å². The van der Waals surface area contributed by atoms with Crippen molar-refractivity contribution in [1.29, 1.82) is 0 Å². The number of thiazole rings is 1. The molecule has 4 rings (SSSR count). The van der Waals surface area contributed by atoms with Crippen molar-refractivity contribution in [1.82, 2.24) is 19.9 Å². The summed E-state index contributed by atoms with van der Waals surface area (Å²) in [6.45, 7) is 1.97. The number of aromatic nitrogens is 4. The van der Waals surface area contributed by atoms with Crippen LogP contribution in [0.25, 0.3) is 10.8 Å². The Morgan fingerprint density at radius 1 is 1.24 bits per heavy atom. The number of aromatic amines is 1. The number of aryl methyl sites for hydroxylation is 1. The first-order valence-corrected chi connectivity index (χ1v) is 9.09. The molecule has 0 aliphatic carbocycles. The number of H-pyrrole nitrogens is 1. The minimum absolute atomic E-state index is 0.471. The predicted octanol–water partition coefficient (Wildman–Crippen LogP) is 4.33. The lowest BCUT2D eigenvalue weighted by molar-refractivity contribution is 0.793. The van der Waals surface area contributed by atoms with Gasteiger partial charge < -0.3 is 0 Å². The van der Waals surface area contributed by atoms with Crippen LogP contribution in [0.3, 0.4) is 0 Å². The average Bonchev–Trinajstić information content (AvgIpc) is 3.19. The van der Waals surface area contributed by atoms with E-state index in [0.717, 1.165) is 16.5 Å². The number of rotatable bonds is 4. The van der Waals surface area contributed by atoms with E-state index in [2.05, 4.69) is 50.6 Å². The van der Waals surface area contributed by atoms with Crippen LogP contribution in [0.15, 0.2) is 52.9 Å². The smallest absolute Gasteiger partial charge is 0.216 e. The van der Waals surface area contributed by atoms with Crippen LogP contribution in [0, 0.1) is 11.7 Å². The molecule has 124 valence electrons. The highest BCUT2D eigenvalue weighted by Gasteiger charge is 2.09. The monoisotopic (exact) mass is 365 g/mol. The lowest BCUT2D eigenvalue weighted by Gasteiger charge is -2.06. The molecule has 7 heteroatoms. The summed E-state index contributed by atoms with van der Waals surface area (Å²) >= 11 is 6.91. The van der Waals surface area contributed by atoms with Crippen molar-refractivity contribution in [3.05, 3.63) is 74.7 Å². The summed E-state index contributed by atoms with van der Waals surface area (Å²) in [5, 5.41) is 17.0. The molecule has 0 amide bonds. The molecule has 2 aromatic carbocycles. The second-order valence-electron chi connectivity index (χ2n) is 5.61. The number of nitrogens with zero attached hydrogens (tertiary/aromatic N) is 4. The molecule has 0 fully saturated rings. The summed E-state index contributed by atoms with van der Waals surface area (Å²) in [5.41, 5.74) is 2.01. The highest BCUT2D eigenvalue weighted by Crippen LogP contribution is 2.20. The second kappa shape index (κ2) is 6.70. The van der Waals surface area contributed by atoms with Crippen molar-refractivity contribution in [2.45, 2.75) is 13.3 Å². The molecule has 1 N–H and O–H groups in total. The lowest BCUT2D eigenvalue weighted by Crippen LogP contribution is -2.01. The maximum atomic E-state index is 5.32. The quantitative estimate of drug-likeness (QED) is 0.432. The third kappa shape index (κ3) is 3.29. The van der Waals surface area contributed by atoms with Gasteiger partial charge in [-0.15, -0.1) is 11.3 Å². The summed E-state index contributed by atoms with van der Waals surface area (Å²) in [6.07, 6.45) is 2.35. The largest absolute Gasteiger partial charge is 0.250 e. The van der Waals surface area contributed by atoms with Gasteiger partial charge in [-0.3, -0.25) is 5.10 Å². The highest BCUT2D eigenvalue weighted by molar-refractivity contribution is 7.71. The maximum absolute atomic E-state index is 5.32. The minimum Gasteiger partial charge on any atom is -0.250 e. The number of benzene rings is 2. The van der Waals surface area contributed by atoms with E-state index in [4.69, 9.17) is 12.2 Å². The molecule has 2 heterocycles. The van der Waals surface area contributed by atoms with Crippen molar-refractivity contribution >= 4 is 40.5 Å². The molecule has 0 aliphatic rings. The van der Waals surface area contributed by atoms with E-state index >= 15 is 0 Å². The lowest BCUT2D eigenvalue weighted by atomic mass is 10.0. The first-order valence-electron chi connectivity index (χ1n) is 7.80. The Hall–Kier alpha value is -2.64. The Balaban J connectivity index is 1.70. The highest BCUT2D eigenvalue weighted by atomic mass is 32.1. The van der Waals surface area contributed by atoms with Crippen molar-refractivity contribution in [2.75, 3.05) is 0 Å². The van der Waals surface area contributed by atoms with Gasteiger partial charge >= 0.3 is 0 Å². The Morgan fingerprint density at radius 2 is 2.08 bits per heavy atom. The van der Waals surface area contributed by atoms with Gasteiger partial charge in [0.05, 0.1) is 16.9 Å². The molecule has 5 nitrogen and oxygen atoms in total. The predicted molar refractivity (Wildman–Crippen MR) is 104 cm³/mol. The molecule has 0 radical (unpaired) electrons. The molecule has 25 heavy (non-hydrogen) atoms. The van der Waals surface area contributed by atoms with Gasteiger partial charge in [0.2, 0.25) is 4.77 Å². The van der Waals surface area contributed by atoms with Crippen molar-refractivity contribution in [3.63, 3.8) is 0 Å². The van der Waals surface area contributed by atoms with E-state index in [-0.39, 0.29) is 0 Å². The topological polar surface area (TPSA) is 58.9 Å². The van der Waals surface area contributed by atoms with Crippen LogP contribution in [0.1, 0.15) is 22.1 Å². The van der Waals surface area contributed by atoms with Gasteiger partial charge in [0.15, 0.2) is 5.82 Å².